The topological polar surface area (TPSA) is 65.0 Å². The van der Waals surface area contributed by atoms with Crippen LogP contribution in [0.3, 0.4) is 0 Å². The van der Waals surface area contributed by atoms with Crippen molar-refractivity contribution in [3.63, 3.8) is 0 Å². The number of hydrogen-bond donors (Lipinski definition) is 2. The van der Waals surface area contributed by atoms with Gasteiger partial charge in [0.15, 0.2) is 0 Å². The lowest BCUT2D eigenvalue weighted by molar-refractivity contribution is -0.137. The van der Waals surface area contributed by atoms with Crippen LogP contribution in [0.2, 0.25) is 5.02 Å². The predicted molar refractivity (Wildman–Crippen MR) is 76.6 cm³/mol. The number of hydrogen-bond acceptors (Lipinski definition) is 4. The monoisotopic (exact) mass is 346 g/mol. The molecule has 0 spiro atoms. The van der Waals surface area contributed by atoms with E-state index in [0.717, 1.165) is 12.1 Å². The molecule has 1 aliphatic rings. The molecule has 1 saturated heterocycles. The number of likely N-dealkylation sites (tertiary alicyclic amines) is 1. The van der Waals surface area contributed by atoms with Gasteiger partial charge in [0, 0.05) is 24.7 Å². The highest BCUT2D eigenvalue weighted by atomic mass is 35.5. The maximum absolute atomic E-state index is 12.8. The number of H-pyrrole nitrogens is 1. The fourth-order valence-electron chi connectivity index (χ4n) is 2.75. The van der Waals surface area contributed by atoms with Crippen LogP contribution < -0.4 is 0 Å². The van der Waals surface area contributed by atoms with Crippen LogP contribution in [0.15, 0.2) is 24.4 Å². The number of aromatic nitrogens is 3. The Morgan fingerprint density at radius 2 is 2.17 bits per heavy atom. The molecule has 2 heterocycles. The van der Waals surface area contributed by atoms with E-state index in [0.29, 0.717) is 24.2 Å². The predicted octanol–water partition coefficient (Wildman–Crippen LogP) is 2.57. The number of aliphatic hydroxyl groups is 1. The van der Waals surface area contributed by atoms with E-state index in [1.165, 1.54) is 12.3 Å². The Morgan fingerprint density at radius 1 is 1.39 bits per heavy atom. The van der Waals surface area contributed by atoms with Crippen LogP contribution in [0.25, 0.3) is 0 Å². The summed E-state index contributed by atoms with van der Waals surface area (Å²) in [6, 6.07) is 3.26. The van der Waals surface area contributed by atoms with Crippen LogP contribution in [0.1, 0.15) is 23.2 Å². The van der Waals surface area contributed by atoms with E-state index in [4.69, 9.17) is 11.6 Å². The molecule has 1 aromatic heterocycles. The molecule has 2 aromatic rings. The van der Waals surface area contributed by atoms with E-state index in [1.54, 1.807) is 0 Å². The summed E-state index contributed by atoms with van der Waals surface area (Å²) in [4.78, 5) is 1.84. The van der Waals surface area contributed by atoms with Gasteiger partial charge < -0.3 is 5.11 Å². The average Bonchev–Trinajstić information content (AvgIpc) is 3.11. The minimum atomic E-state index is -4.41. The second-order valence-corrected chi connectivity index (χ2v) is 6.06. The van der Waals surface area contributed by atoms with Gasteiger partial charge in [-0.2, -0.15) is 28.6 Å². The highest BCUT2D eigenvalue weighted by Crippen LogP contribution is 2.34. The molecule has 0 saturated carbocycles. The van der Waals surface area contributed by atoms with Crippen LogP contribution in [-0.2, 0) is 18.3 Å². The molecule has 124 valence electrons. The first-order valence-electron chi connectivity index (χ1n) is 6.94. The summed E-state index contributed by atoms with van der Waals surface area (Å²) in [6.45, 7) is 1.00. The maximum Gasteiger partial charge on any atom is 0.416 e. The maximum atomic E-state index is 12.8. The number of halogens is 4. The van der Waals surface area contributed by atoms with E-state index >= 15 is 0 Å². The van der Waals surface area contributed by atoms with Gasteiger partial charge in [0.2, 0.25) is 0 Å². The molecule has 0 amide bonds. The van der Waals surface area contributed by atoms with Crippen LogP contribution in [0.5, 0.6) is 0 Å². The lowest BCUT2D eigenvalue weighted by Crippen LogP contribution is -2.31. The molecule has 23 heavy (non-hydrogen) atoms. The fraction of sp³-hybridized carbons (Fsp3) is 0.429. The smallest absolute Gasteiger partial charge is 0.382 e. The summed E-state index contributed by atoms with van der Waals surface area (Å²) >= 11 is 6.01. The summed E-state index contributed by atoms with van der Waals surface area (Å²) in [6.07, 6.45) is -2.54. The zero-order chi connectivity index (χ0) is 16.7. The molecular formula is C14H14ClF3N4O. The Labute approximate surface area is 135 Å². The SMILES string of the molecule is O[C@]1(c2cn[nH]n2)CCN(Cc2cc(C(F)(F)F)ccc2Cl)C1. The molecule has 1 atom stereocenters. The Hall–Kier alpha value is -1.64. The summed E-state index contributed by atoms with van der Waals surface area (Å²) in [5, 5.41) is 20.9. The summed E-state index contributed by atoms with van der Waals surface area (Å²) in [5.41, 5.74) is -1.08. The van der Waals surface area contributed by atoms with Gasteiger partial charge in [-0.1, -0.05) is 11.6 Å². The third-order valence-corrected chi connectivity index (χ3v) is 4.35. The molecule has 5 nitrogen and oxygen atoms in total. The van der Waals surface area contributed by atoms with Crippen molar-refractivity contribution in [3.8, 4) is 0 Å². The van der Waals surface area contributed by atoms with Crippen LogP contribution >= 0.6 is 11.6 Å². The highest BCUT2D eigenvalue weighted by Gasteiger charge is 2.40. The number of nitrogens with one attached hydrogen (secondary N) is 1. The lowest BCUT2D eigenvalue weighted by atomic mass is 10.00. The van der Waals surface area contributed by atoms with Crippen molar-refractivity contribution in [1.82, 2.24) is 20.3 Å². The van der Waals surface area contributed by atoms with E-state index in [2.05, 4.69) is 15.4 Å². The van der Waals surface area contributed by atoms with Crippen molar-refractivity contribution in [1.29, 1.82) is 0 Å². The second-order valence-electron chi connectivity index (χ2n) is 5.65. The van der Waals surface area contributed by atoms with Gasteiger partial charge in [0.25, 0.3) is 0 Å². The molecule has 3 rings (SSSR count). The Bertz CT molecular complexity index is 692. The van der Waals surface area contributed by atoms with E-state index in [1.807, 2.05) is 4.90 Å². The Morgan fingerprint density at radius 3 is 2.83 bits per heavy atom. The van der Waals surface area contributed by atoms with Crippen molar-refractivity contribution >= 4 is 11.6 Å². The van der Waals surface area contributed by atoms with Gasteiger partial charge in [0.05, 0.1) is 11.8 Å². The summed E-state index contributed by atoms with van der Waals surface area (Å²) < 4.78 is 38.4. The first-order valence-corrected chi connectivity index (χ1v) is 7.32. The highest BCUT2D eigenvalue weighted by molar-refractivity contribution is 6.31. The van der Waals surface area contributed by atoms with Crippen LogP contribution in [-0.4, -0.2) is 38.5 Å². The number of β-amino-alcohol motifs (C(OH)–C–C–N with tert-alkyl or cyclic N) is 1. The average molecular weight is 347 g/mol. The third-order valence-electron chi connectivity index (χ3n) is 3.99. The molecule has 2 N–H and O–H groups in total. The molecule has 0 unspecified atom stereocenters. The zero-order valence-electron chi connectivity index (χ0n) is 11.9. The minimum Gasteiger partial charge on any atom is -0.382 e. The van der Waals surface area contributed by atoms with Gasteiger partial charge in [-0.3, -0.25) is 4.90 Å². The zero-order valence-corrected chi connectivity index (χ0v) is 12.7. The van der Waals surface area contributed by atoms with Gasteiger partial charge in [0.1, 0.15) is 11.3 Å². The molecule has 1 fully saturated rings. The number of nitrogens with zero attached hydrogens (tertiary/aromatic N) is 3. The standard InChI is InChI=1S/C14H14ClF3N4O/c15-11-2-1-10(14(16,17)18)5-9(11)7-22-4-3-13(23,8-22)12-6-19-21-20-12/h1-2,5-6,23H,3-4,7-8H2,(H,19,20,21)/t13-/m1/s1. The fourth-order valence-corrected chi connectivity index (χ4v) is 2.93. The summed E-state index contributed by atoms with van der Waals surface area (Å²) in [5.74, 6) is 0. The first kappa shape index (κ1) is 16.2. The molecule has 1 aliphatic heterocycles. The van der Waals surface area contributed by atoms with Crippen molar-refractivity contribution in [2.45, 2.75) is 24.7 Å². The van der Waals surface area contributed by atoms with Gasteiger partial charge in [-0.25, -0.2) is 0 Å². The Balaban J connectivity index is 1.76. The normalized spacial score (nSPS) is 22.7. The van der Waals surface area contributed by atoms with E-state index in [-0.39, 0.29) is 18.1 Å². The van der Waals surface area contributed by atoms with Gasteiger partial charge in [-0.05, 0) is 30.2 Å². The van der Waals surface area contributed by atoms with Crippen molar-refractivity contribution in [3.05, 3.63) is 46.2 Å². The van der Waals surface area contributed by atoms with Gasteiger partial charge in [-0.15, -0.1) is 0 Å². The third kappa shape index (κ3) is 3.34. The lowest BCUT2D eigenvalue weighted by Gasteiger charge is -2.21. The number of aromatic amines is 1. The Kier molecular flexibility index (Phi) is 4.07. The van der Waals surface area contributed by atoms with Crippen molar-refractivity contribution < 1.29 is 18.3 Å². The van der Waals surface area contributed by atoms with Crippen molar-refractivity contribution in [2.24, 2.45) is 0 Å². The summed E-state index contributed by atoms with van der Waals surface area (Å²) in [7, 11) is 0. The molecule has 9 heteroatoms. The number of alkyl halides is 3. The molecule has 1 aromatic carbocycles. The largest absolute Gasteiger partial charge is 0.416 e. The molecular weight excluding hydrogens is 333 g/mol. The molecule has 0 radical (unpaired) electrons. The number of rotatable bonds is 3. The quantitative estimate of drug-likeness (QED) is 0.896. The minimum absolute atomic E-state index is 0.225. The number of benzene rings is 1. The first-order chi connectivity index (χ1) is 10.8. The van der Waals surface area contributed by atoms with Gasteiger partial charge >= 0.3 is 6.18 Å². The molecule has 0 bridgehead atoms. The van der Waals surface area contributed by atoms with Crippen LogP contribution in [0.4, 0.5) is 13.2 Å². The van der Waals surface area contributed by atoms with E-state index < -0.39 is 17.3 Å². The van der Waals surface area contributed by atoms with E-state index in [9.17, 15) is 18.3 Å². The van der Waals surface area contributed by atoms with Crippen LogP contribution in [0, 0.1) is 0 Å². The molecule has 0 aliphatic carbocycles. The second kappa shape index (κ2) is 5.77. The van der Waals surface area contributed by atoms with Crippen molar-refractivity contribution in [2.75, 3.05) is 13.1 Å².